The van der Waals surface area contributed by atoms with Gasteiger partial charge in [0.05, 0.1) is 0 Å². The van der Waals surface area contributed by atoms with Crippen molar-refractivity contribution in [2.24, 2.45) is 0 Å². The first kappa shape index (κ1) is 18.3. The summed E-state index contributed by atoms with van der Waals surface area (Å²) in [6.45, 7) is 0.495. The Hall–Kier alpha value is -3.09. The number of carbonyl (C=O) groups excluding carboxylic acids is 2. The third-order valence-electron chi connectivity index (χ3n) is 3.88. The third kappa shape index (κ3) is 4.94. The largest absolute Gasteiger partial charge is 0.508 e. The number of hydrogen-bond acceptors (Lipinski definition) is 4. The fourth-order valence-electron chi connectivity index (χ4n) is 2.53. The van der Waals surface area contributed by atoms with Crippen LogP contribution in [0.25, 0.3) is 0 Å². The predicted molar refractivity (Wildman–Crippen MR) is 92.8 cm³/mol. The summed E-state index contributed by atoms with van der Waals surface area (Å²) in [4.78, 5) is 21.8. The molecule has 25 heavy (non-hydrogen) atoms. The van der Waals surface area contributed by atoms with Gasteiger partial charge in [-0.25, -0.2) is 4.39 Å². The molecule has 1 aliphatic heterocycles. The Morgan fingerprint density at radius 3 is 2.36 bits per heavy atom. The van der Waals surface area contributed by atoms with Gasteiger partial charge in [0.2, 0.25) is 12.3 Å². The van der Waals surface area contributed by atoms with E-state index >= 15 is 0 Å². The summed E-state index contributed by atoms with van der Waals surface area (Å²) >= 11 is 0. The molecule has 0 bridgehead atoms. The van der Waals surface area contributed by atoms with Crippen LogP contribution < -0.4 is 16.0 Å². The molecule has 3 rings (SSSR count). The van der Waals surface area contributed by atoms with Crippen molar-refractivity contribution in [2.45, 2.75) is 12.0 Å². The van der Waals surface area contributed by atoms with Gasteiger partial charge in [0.15, 0.2) is 0 Å². The van der Waals surface area contributed by atoms with Gasteiger partial charge in [0.1, 0.15) is 17.6 Å². The number of phenols is 1. The van der Waals surface area contributed by atoms with Gasteiger partial charge in [-0.05, 0) is 42.0 Å². The first-order valence-corrected chi connectivity index (χ1v) is 7.74. The second-order valence-electron chi connectivity index (χ2n) is 5.46. The highest BCUT2D eigenvalue weighted by Gasteiger charge is 2.35. The lowest BCUT2D eigenvalue weighted by Crippen LogP contribution is -2.38. The highest BCUT2D eigenvalue weighted by atomic mass is 19.1. The summed E-state index contributed by atoms with van der Waals surface area (Å²) in [5.74, 6) is -0.279. The van der Waals surface area contributed by atoms with Crippen LogP contribution in [-0.2, 0) is 9.59 Å². The third-order valence-corrected chi connectivity index (χ3v) is 3.88. The zero-order valence-electron chi connectivity index (χ0n) is 13.7. The van der Waals surface area contributed by atoms with Crippen LogP contribution in [-0.4, -0.2) is 37.1 Å². The molecule has 1 heterocycles. The maximum atomic E-state index is 12.2. The van der Waals surface area contributed by atoms with Crippen LogP contribution >= 0.6 is 0 Å². The van der Waals surface area contributed by atoms with E-state index in [4.69, 9.17) is 5.11 Å². The van der Waals surface area contributed by atoms with Crippen LogP contribution in [0.15, 0.2) is 48.5 Å². The maximum absolute atomic E-state index is 12.2. The number of carbonyl (C=O) groups is 2. The van der Waals surface area contributed by atoms with E-state index in [1.165, 1.54) is 12.1 Å². The second-order valence-corrected chi connectivity index (χ2v) is 5.46. The quantitative estimate of drug-likeness (QED) is 0.634. The lowest BCUT2D eigenvalue weighted by Gasteiger charge is -2.15. The van der Waals surface area contributed by atoms with Gasteiger partial charge in [0, 0.05) is 25.2 Å². The number of nitrogens with one attached hydrogen (secondary N) is 3. The van der Waals surface area contributed by atoms with Crippen molar-refractivity contribution in [3.8, 4) is 5.75 Å². The van der Waals surface area contributed by atoms with Crippen molar-refractivity contribution in [3.63, 3.8) is 0 Å². The molecule has 1 saturated heterocycles. The summed E-state index contributed by atoms with van der Waals surface area (Å²) in [6, 6.07) is 12.3. The number of hydrogen-bond donors (Lipinski definition) is 4. The van der Waals surface area contributed by atoms with E-state index in [9.17, 15) is 14.0 Å². The van der Waals surface area contributed by atoms with E-state index in [1.54, 1.807) is 43.4 Å². The number of amides is 2. The fraction of sp³-hybridized carbons (Fsp3) is 0.222. The van der Waals surface area contributed by atoms with Crippen molar-refractivity contribution in [1.29, 1.82) is 0 Å². The van der Waals surface area contributed by atoms with Crippen molar-refractivity contribution in [3.05, 3.63) is 59.9 Å². The first-order valence-electron chi connectivity index (χ1n) is 7.74. The molecule has 2 aromatic carbocycles. The molecule has 132 valence electrons. The Balaban J connectivity index is 0.000000212. The molecular weight excluding hydrogens is 325 g/mol. The van der Waals surface area contributed by atoms with Crippen LogP contribution in [0.4, 0.5) is 10.1 Å². The second kappa shape index (κ2) is 8.68. The van der Waals surface area contributed by atoms with E-state index < -0.39 is 6.04 Å². The number of anilines is 1. The molecule has 2 atom stereocenters. The molecule has 1 fully saturated rings. The fourth-order valence-corrected chi connectivity index (χ4v) is 2.53. The minimum Gasteiger partial charge on any atom is -0.508 e. The van der Waals surface area contributed by atoms with E-state index in [1.807, 2.05) is 0 Å². The highest BCUT2D eigenvalue weighted by Crippen LogP contribution is 2.24. The minimum atomic E-state index is -0.526. The Morgan fingerprint density at radius 2 is 1.80 bits per heavy atom. The standard InChI is InChI=1S/C11H12N2O3.C7H8FN/c14-6-13-10-9(5-12-11(10)16)7-1-3-8(15)4-2-7;1-9-7-4-2-6(8)3-5-7/h1-4,6,9-10,15H,5H2,(H,12,16)(H,13,14);2-5,9H,1H3/t9-,10?;/m1./s1. The molecule has 2 aromatic rings. The van der Waals surface area contributed by atoms with Gasteiger partial charge >= 0.3 is 0 Å². The van der Waals surface area contributed by atoms with Crippen molar-refractivity contribution in [2.75, 3.05) is 18.9 Å². The molecule has 0 aliphatic carbocycles. The lowest BCUT2D eigenvalue weighted by molar-refractivity contribution is -0.123. The number of aromatic hydroxyl groups is 1. The Morgan fingerprint density at radius 1 is 1.16 bits per heavy atom. The summed E-state index contributed by atoms with van der Waals surface area (Å²) in [7, 11) is 1.80. The molecule has 0 radical (unpaired) electrons. The summed E-state index contributed by atoms with van der Waals surface area (Å²) < 4.78 is 12.2. The zero-order chi connectivity index (χ0) is 18.2. The van der Waals surface area contributed by atoms with Gasteiger partial charge < -0.3 is 21.1 Å². The van der Waals surface area contributed by atoms with Crippen molar-refractivity contribution in [1.82, 2.24) is 10.6 Å². The molecule has 2 amide bonds. The van der Waals surface area contributed by atoms with Crippen molar-refractivity contribution >= 4 is 18.0 Å². The number of phenolic OH excluding ortho intramolecular Hbond substituents is 1. The topological polar surface area (TPSA) is 90.5 Å². The average Bonchev–Trinajstić information content (AvgIpc) is 2.98. The summed E-state index contributed by atoms with van der Waals surface area (Å²) in [6.07, 6.45) is 0.531. The molecule has 0 aromatic heterocycles. The number of halogens is 1. The molecule has 1 aliphatic rings. The predicted octanol–water partition coefficient (Wildman–Crippen LogP) is 1.59. The molecule has 0 spiro atoms. The average molecular weight is 345 g/mol. The zero-order valence-corrected chi connectivity index (χ0v) is 13.7. The van der Waals surface area contributed by atoms with Crippen LogP contribution in [0.2, 0.25) is 0 Å². The molecule has 7 heteroatoms. The van der Waals surface area contributed by atoms with Crippen molar-refractivity contribution < 1.29 is 19.1 Å². The Kier molecular flexibility index (Phi) is 6.33. The maximum Gasteiger partial charge on any atom is 0.243 e. The summed E-state index contributed by atoms with van der Waals surface area (Å²) in [5, 5.41) is 17.3. The monoisotopic (exact) mass is 345 g/mol. The van der Waals surface area contributed by atoms with Gasteiger partial charge in [-0.1, -0.05) is 12.1 Å². The van der Waals surface area contributed by atoms with E-state index in [0.29, 0.717) is 13.0 Å². The molecule has 6 nitrogen and oxygen atoms in total. The Labute approximate surface area is 145 Å². The normalized spacial score (nSPS) is 18.6. The van der Waals surface area contributed by atoms with Gasteiger partial charge in [0.25, 0.3) is 0 Å². The molecule has 0 saturated carbocycles. The smallest absolute Gasteiger partial charge is 0.243 e. The van der Waals surface area contributed by atoms with E-state index in [0.717, 1.165) is 11.3 Å². The minimum absolute atomic E-state index is 0.0849. The van der Waals surface area contributed by atoms with E-state index in [2.05, 4.69) is 16.0 Å². The van der Waals surface area contributed by atoms with Crippen LogP contribution in [0.1, 0.15) is 11.5 Å². The van der Waals surface area contributed by atoms with E-state index in [-0.39, 0.29) is 23.4 Å². The van der Waals surface area contributed by atoms with Crippen LogP contribution in [0, 0.1) is 5.82 Å². The Bertz CT molecular complexity index is 705. The highest BCUT2D eigenvalue weighted by molar-refractivity contribution is 5.87. The molecule has 4 N–H and O–H groups in total. The van der Waals surface area contributed by atoms with Crippen LogP contribution in [0.5, 0.6) is 5.75 Å². The summed E-state index contributed by atoms with van der Waals surface area (Å²) in [5.41, 5.74) is 1.84. The van der Waals surface area contributed by atoms with Crippen LogP contribution in [0.3, 0.4) is 0 Å². The SMILES string of the molecule is CNc1ccc(F)cc1.O=CNC1C(=O)NC[C@@H]1c1ccc(O)cc1. The molecular formula is C18H20FN3O3. The van der Waals surface area contributed by atoms with Gasteiger partial charge in [-0.3, -0.25) is 9.59 Å². The number of rotatable bonds is 4. The number of benzene rings is 2. The van der Waals surface area contributed by atoms with Gasteiger partial charge in [-0.15, -0.1) is 0 Å². The van der Waals surface area contributed by atoms with Gasteiger partial charge in [-0.2, -0.15) is 0 Å². The molecule has 1 unspecified atom stereocenters. The lowest BCUT2D eigenvalue weighted by atomic mass is 9.94. The first-order chi connectivity index (χ1) is 12.0.